The highest BCUT2D eigenvalue weighted by Crippen LogP contribution is 2.32. The van der Waals surface area contributed by atoms with Crippen molar-refractivity contribution >= 4 is 21.8 Å². The number of hydrogen-bond acceptors (Lipinski definition) is 1. The molecular formula is C28H37BrF3N2O. The first kappa shape index (κ1) is 29.4. The van der Waals surface area contributed by atoms with Crippen LogP contribution in [-0.2, 0) is 12.6 Å². The summed E-state index contributed by atoms with van der Waals surface area (Å²) in [5, 5.41) is 2.95. The molecule has 2 rings (SSSR count). The Bertz CT molecular complexity index is 917. The van der Waals surface area contributed by atoms with Crippen molar-refractivity contribution in [2.45, 2.75) is 89.8 Å². The number of unbranched alkanes of at least 4 members (excludes halogenated alkanes) is 9. The van der Waals surface area contributed by atoms with Crippen LogP contribution in [0.5, 0.6) is 0 Å². The summed E-state index contributed by atoms with van der Waals surface area (Å²) in [4.78, 5) is 12.5. The maximum atomic E-state index is 13.0. The van der Waals surface area contributed by atoms with E-state index in [9.17, 15) is 18.0 Å². The van der Waals surface area contributed by atoms with E-state index in [0.29, 0.717) is 22.1 Å². The molecule has 0 saturated heterocycles. The second-order valence-corrected chi connectivity index (χ2v) is 9.98. The fourth-order valence-corrected chi connectivity index (χ4v) is 4.58. The van der Waals surface area contributed by atoms with E-state index < -0.39 is 17.8 Å². The molecule has 2 N–H and O–H groups in total. The number of carbonyl (C=O) groups excluding carboxylic acids is 1. The molecule has 3 nitrogen and oxygen atoms in total. The Balaban J connectivity index is 1.74. The number of rotatable bonds is 15. The monoisotopic (exact) mass is 553 g/mol. The molecule has 2 aromatic carbocycles. The van der Waals surface area contributed by atoms with Crippen LogP contribution in [0.3, 0.4) is 0 Å². The minimum atomic E-state index is -4.43. The average Bonchev–Trinajstić information content (AvgIpc) is 2.83. The molecule has 7 heteroatoms. The second kappa shape index (κ2) is 15.3. The van der Waals surface area contributed by atoms with Crippen LogP contribution in [0, 0.1) is 0 Å². The van der Waals surface area contributed by atoms with Gasteiger partial charge in [0.05, 0.1) is 11.6 Å². The Hall–Kier alpha value is -1.86. The van der Waals surface area contributed by atoms with Crippen LogP contribution in [0.1, 0.15) is 104 Å². The molecule has 1 atom stereocenters. The van der Waals surface area contributed by atoms with Gasteiger partial charge in [-0.2, -0.15) is 13.2 Å². The summed E-state index contributed by atoms with van der Waals surface area (Å²) in [6.45, 7) is 2.87. The molecule has 0 spiro atoms. The van der Waals surface area contributed by atoms with Crippen LogP contribution in [-0.4, -0.2) is 12.5 Å². The van der Waals surface area contributed by atoms with Gasteiger partial charge in [0.2, 0.25) is 0 Å². The van der Waals surface area contributed by atoms with Gasteiger partial charge in [-0.25, -0.2) is 5.73 Å². The Morgan fingerprint density at radius 2 is 1.57 bits per heavy atom. The molecule has 0 fully saturated rings. The summed E-state index contributed by atoms with van der Waals surface area (Å²) in [5.41, 5.74) is 9.18. The summed E-state index contributed by atoms with van der Waals surface area (Å²) < 4.78 is 39.6. The van der Waals surface area contributed by atoms with Gasteiger partial charge in [0.15, 0.2) is 0 Å². The van der Waals surface area contributed by atoms with Crippen LogP contribution in [0.4, 0.5) is 13.2 Å². The number of amides is 1. The summed E-state index contributed by atoms with van der Waals surface area (Å²) in [6, 6.07) is 9.23. The topological polar surface area (TPSA) is 52.9 Å². The quantitative estimate of drug-likeness (QED) is 0.220. The van der Waals surface area contributed by atoms with Crippen LogP contribution in [0.15, 0.2) is 46.9 Å². The van der Waals surface area contributed by atoms with Gasteiger partial charge in [0.25, 0.3) is 5.91 Å². The van der Waals surface area contributed by atoms with Crippen LogP contribution in [0.2, 0.25) is 0 Å². The van der Waals surface area contributed by atoms with E-state index in [1.807, 2.05) is 0 Å². The third kappa shape index (κ3) is 10.7. The molecule has 193 valence electrons. The van der Waals surface area contributed by atoms with E-state index in [2.05, 4.69) is 28.2 Å². The molecule has 0 heterocycles. The Morgan fingerprint density at radius 1 is 0.943 bits per heavy atom. The molecule has 0 aliphatic heterocycles. The minimum Gasteiger partial charge on any atom is -0.352 e. The Kier molecular flexibility index (Phi) is 12.8. The normalized spacial score (nSPS) is 12.5. The Morgan fingerprint density at radius 3 is 2.17 bits per heavy atom. The van der Waals surface area contributed by atoms with E-state index in [4.69, 9.17) is 5.73 Å². The lowest BCUT2D eigenvalue weighted by atomic mass is 9.97. The first-order valence-corrected chi connectivity index (χ1v) is 13.5. The SMILES string of the molecule is CCCCCCCCCCCCNC(=O)c1ccc(CC([NH])c2cccc(C(F)(F)F)c2)c(Br)c1. The lowest BCUT2D eigenvalue weighted by Crippen LogP contribution is -2.24. The maximum Gasteiger partial charge on any atom is 0.416 e. The van der Waals surface area contributed by atoms with Gasteiger partial charge in [-0.3, -0.25) is 4.79 Å². The molecule has 1 amide bonds. The summed E-state index contributed by atoms with van der Waals surface area (Å²) in [6.07, 6.45) is 8.25. The number of alkyl halides is 3. The maximum absolute atomic E-state index is 13.0. The third-order valence-electron chi connectivity index (χ3n) is 6.17. The molecule has 0 aromatic heterocycles. The van der Waals surface area contributed by atoms with Crippen molar-refractivity contribution in [3.8, 4) is 0 Å². The molecule has 2 aromatic rings. The van der Waals surface area contributed by atoms with Crippen molar-refractivity contribution < 1.29 is 18.0 Å². The lowest BCUT2D eigenvalue weighted by molar-refractivity contribution is -0.137. The van der Waals surface area contributed by atoms with Gasteiger partial charge in [-0.05, 0) is 48.2 Å². The van der Waals surface area contributed by atoms with Gasteiger partial charge in [0.1, 0.15) is 0 Å². The largest absolute Gasteiger partial charge is 0.416 e. The molecule has 0 bridgehead atoms. The zero-order valence-electron chi connectivity index (χ0n) is 20.5. The van der Waals surface area contributed by atoms with Gasteiger partial charge < -0.3 is 5.32 Å². The van der Waals surface area contributed by atoms with Crippen molar-refractivity contribution in [3.05, 3.63) is 69.2 Å². The van der Waals surface area contributed by atoms with Crippen LogP contribution >= 0.6 is 15.9 Å². The zero-order chi connectivity index (χ0) is 25.7. The number of nitrogens with one attached hydrogen (secondary N) is 2. The molecule has 1 unspecified atom stereocenters. The number of carbonyl (C=O) groups is 1. The number of hydrogen-bond donors (Lipinski definition) is 1. The van der Waals surface area contributed by atoms with Crippen molar-refractivity contribution in [1.29, 1.82) is 0 Å². The highest BCUT2D eigenvalue weighted by molar-refractivity contribution is 9.10. The van der Waals surface area contributed by atoms with Crippen molar-refractivity contribution in [1.82, 2.24) is 11.1 Å². The van der Waals surface area contributed by atoms with Gasteiger partial charge >= 0.3 is 6.18 Å². The van der Waals surface area contributed by atoms with Crippen LogP contribution in [0.25, 0.3) is 0 Å². The fourth-order valence-electron chi connectivity index (χ4n) is 4.04. The predicted octanol–water partition coefficient (Wildman–Crippen LogP) is 8.69. The number of benzene rings is 2. The molecule has 0 aliphatic carbocycles. The first-order chi connectivity index (χ1) is 16.7. The fraction of sp³-hybridized carbons (Fsp3) is 0.536. The van der Waals surface area contributed by atoms with E-state index in [0.717, 1.165) is 30.5 Å². The first-order valence-electron chi connectivity index (χ1n) is 12.7. The average molecular weight is 555 g/mol. The second-order valence-electron chi connectivity index (χ2n) is 9.12. The standard InChI is InChI=1S/C28H37BrF3N2O/c1-2-3-4-5-6-7-8-9-10-11-17-34-27(35)23-16-15-21(25(29)19-23)20-26(33)22-13-12-14-24(18-22)28(30,31)32/h12-16,18-19,26,33H,2-11,17,20H2,1H3,(H,34,35). The predicted molar refractivity (Wildman–Crippen MR) is 139 cm³/mol. The van der Waals surface area contributed by atoms with Crippen molar-refractivity contribution in [3.63, 3.8) is 0 Å². The third-order valence-corrected chi connectivity index (χ3v) is 6.91. The van der Waals surface area contributed by atoms with Crippen molar-refractivity contribution in [2.75, 3.05) is 6.54 Å². The van der Waals surface area contributed by atoms with Gasteiger partial charge in [0, 0.05) is 16.6 Å². The van der Waals surface area contributed by atoms with E-state index in [1.54, 1.807) is 18.2 Å². The lowest BCUT2D eigenvalue weighted by Gasteiger charge is -2.15. The highest BCUT2D eigenvalue weighted by Gasteiger charge is 2.30. The van der Waals surface area contributed by atoms with Crippen LogP contribution < -0.4 is 11.1 Å². The zero-order valence-corrected chi connectivity index (χ0v) is 22.1. The minimum absolute atomic E-state index is 0.145. The summed E-state index contributed by atoms with van der Waals surface area (Å²) in [5.74, 6) is -0.145. The molecule has 35 heavy (non-hydrogen) atoms. The van der Waals surface area contributed by atoms with E-state index >= 15 is 0 Å². The van der Waals surface area contributed by atoms with Gasteiger partial charge in [-0.15, -0.1) is 0 Å². The highest BCUT2D eigenvalue weighted by atomic mass is 79.9. The molecule has 0 saturated carbocycles. The Labute approximate surface area is 216 Å². The smallest absolute Gasteiger partial charge is 0.352 e. The molecule has 0 aliphatic rings. The summed E-state index contributed by atoms with van der Waals surface area (Å²) >= 11 is 3.46. The summed E-state index contributed by atoms with van der Waals surface area (Å²) in [7, 11) is 0. The van der Waals surface area contributed by atoms with E-state index in [1.165, 1.54) is 63.5 Å². The van der Waals surface area contributed by atoms with Crippen molar-refractivity contribution in [2.24, 2.45) is 0 Å². The number of halogens is 4. The molecule has 1 radical (unpaired) electrons. The van der Waals surface area contributed by atoms with E-state index in [-0.39, 0.29) is 12.3 Å². The molecular weight excluding hydrogens is 517 g/mol. The van der Waals surface area contributed by atoms with Gasteiger partial charge in [-0.1, -0.05) is 98.8 Å².